The zero-order valence-electron chi connectivity index (χ0n) is 9.88. The summed E-state index contributed by atoms with van der Waals surface area (Å²) in [7, 11) is 0. The molecule has 0 spiro atoms. The Labute approximate surface area is 119 Å². The summed E-state index contributed by atoms with van der Waals surface area (Å²) in [6.07, 6.45) is 0. The normalized spacial score (nSPS) is 10.5. The second kappa shape index (κ2) is 5.19. The summed E-state index contributed by atoms with van der Waals surface area (Å²) in [5.41, 5.74) is 1.57. The molecule has 0 aliphatic carbocycles. The Kier molecular flexibility index (Phi) is 3.78. The number of aryl methyl sites for hydroxylation is 1. The fourth-order valence-corrected chi connectivity index (χ4v) is 2.19. The molecular weight excluding hydrogens is 290 g/mol. The van der Waals surface area contributed by atoms with Crippen molar-refractivity contribution < 1.29 is 14.3 Å². The van der Waals surface area contributed by atoms with Gasteiger partial charge in [-0.25, -0.2) is 9.18 Å². The van der Waals surface area contributed by atoms with Crippen LogP contribution < -0.4 is 0 Å². The summed E-state index contributed by atoms with van der Waals surface area (Å²) in [5.74, 6) is -1.53. The third-order valence-electron chi connectivity index (χ3n) is 2.76. The van der Waals surface area contributed by atoms with Crippen LogP contribution in [0.3, 0.4) is 0 Å². The zero-order valence-corrected chi connectivity index (χ0v) is 11.4. The van der Waals surface area contributed by atoms with E-state index >= 15 is 0 Å². The number of hydrogen-bond donors (Lipinski definition) is 1. The van der Waals surface area contributed by atoms with Crippen LogP contribution in [-0.4, -0.2) is 11.1 Å². The number of hydrogen-bond acceptors (Lipinski definition) is 1. The molecule has 1 N–H and O–H groups in total. The lowest BCUT2D eigenvalue weighted by atomic mass is 10.0. The maximum atomic E-state index is 13.3. The molecule has 0 amide bonds. The molecule has 19 heavy (non-hydrogen) atoms. The first-order valence-electron chi connectivity index (χ1n) is 5.39. The summed E-state index contributed by atoms with van der Waals surface area (Å²) in [6.45, 7) is 1.61. The second-order valence-corrected chi connectivity index (χ2v) is 4.90. The van der Waals surface area contributed by atoms with Crippen LogP contribution in [0.4, 0.5) is 4.39 Å². The maximum absolute atomic E-state index is 13.3. The number of carboxylic acid groups (broad SMARTS) is 1. The van der Waals surface area contributed by atoms with Gasteiger partial charge >= 0.3 is 5.97 Å². The lowest BCUT2D eigenvalue weighted by Gasteiger charge is -2.09. The molecule has 98 valence electrons. The predicted molar refractivity (Wildman–Crippen MR) is 73.6 cm³/mol. The van der Waals surface area contributed by atoms with Crippen LogP contribution in [0.25, 0.3) is 11.1 Å². The minimum absolute atomic E-state index is 0.0165. The van der Waals surface area contributed by atoms with E-state index in [-0.39, 0.29) is 15.6 Å². The molecule has 5 heteroatoms. The molecule has 0 aliphatic rings. The fourth-order valence-electron chi connectivity index (χ4n) is 1.74. The van der Waals surface area contributed by atoms with Crippen LogP contribution in [-0.2, 0) is 0 Å². The minimum Gasteiger partial charge on any atom is -0.478 e. The molecule has 0 heterocycles. The first-order chi connectivity index (χ1) is 8.90. The van der Waals surface area contributed by atoms with Crippen molar-refractivity contribution in [2.24, 2.45) is 0 Å². The van der Waals surface area contributed by atoms with Crippen LogP contribution in [0.1, 0.15) is 15.9 Å². The molecule has 0 bridgehead atoms. The number of halogens is 3. The zero-order chi connectivity index (χ0) is 14.2. The van der Waals surface area contributed by atoms with Gasteiger partial charge in [0.2, 0.25) is 0 Å². The predicted octanol–water partition coefficient (Wildman–Crippen LogP) is 4.81. The highest BCUT2D eigenvalue weighted by Gasteiger charge is 2.13. The topological polar surface area (TPSA) is 37.3 Å². The van der Waals surface area contributed by atoms with E-state index in [1.807, 2.05) is 0 Å². The molecule has 0 saturated heterocycles. The van der Waals surface area contributed by atoms with Crippen molar-refractivity contribution in [1.29, 1.82) is 0 Å². The maximum Gasteiger partial charge on any atom is 0.337 e. The molecule has 0 fully saturated rings. The van der Waals surface area contributed by atoms with Gasteiger partial charge < -0.3 is 5.11 Å². The summed E-state index contributed by atoms with van der Waals surface area (Å²) in [4.78, 5) is 11.0. The largest absolute Gasteiger partial charge is 0.478 e. The molecule has 0 atom stereocenters. The number of carbonyl (C=O) groups is 1. The highest BCUT2D eigenvalue weighted by atomic mass is 35.5. The SMILES string of the molecule is Cc1cc(-c2ccc(Cl)c(C(=O)O)c2)c(Cl)cc1F. The quantitative estimate of drug-likeness (QED) is 0.864. The van der Waals surface area contributed by atoms with E-state index < -0.39 is 11.8 Å². The molecule has 2 rings (SSSR count). The van der Waals surface area contributed by atoms with E-state index in [1.165, 1.54) is 18.2 Å². The molecule has 0 saturated carbocycles. The average Bonchev–Trinajstić information content (AvgIpc) is 2.34. The van der Waals surface area contributed by atoms with Crippen LogP contribution in [0.15, 0.2) is 30.3 Å². The monoisotopic (exact) mass is 298 g/mol. The Balaban J connectivity index is 2.63. The Morgan fingerprint density at radius 3 is 2.47 bits per heavy atom. The van der Waals surface area contributed by atoms with Gasteiger partial charge in [-0.15, -0.1) is 0 Å². The first kappa shape index (κ1) is 13.8. The van der Waals surface area contributed by atoms with E-state index in [1.54, 1.807) is 19.1 Å². The molecule has 2 nitrogen and oxygen atoms in total. The van der Waals surface area contributed by atoms with Gasteiger partial charge in [-0.2, -0.15) is 0 Å². The Bertz CT molecular complexity index is 669. The summed E-state index contributed by atoms with van der Waals surface area (Å²) < 4.78 is 13.3. The number of carboxylic acids is 1. The standard InChI is InChI=1S/C14H9Cl2FO2/c1-7-4-9(12(16)6-13(7)17)8-2-3-11(15)10(5-8)14(18)19/h2-6H,1H3,(H,18,19). The van der Waals surface area contributed by atoms with Crippen LogP contribution in [0.2, 0.25) is 10.0 Å². The van der Waals surface area contributed by atoms with Gasteiger partial charge in [-0.1, -0.05) is 29.3 Å². The van der Waals surface area contributed by atoms with Crippen LogP contribution >= 0.6 is 23.2 Å². The third kappa shape index (κ3) is 2.72. The van der Waals surface area contributed by atoms with Crippen LogP contribution in [0, 0.1) is 12.7 Å². The van der Waals surface area contributed by atoms with Gasteiger partial charge in [0.15, 0.2) is 0 Å². The smallest absolute Gasteiger partial charge is 0.337 e. The van der Waals surface area contributed by atoms with E-state index in [0.29, 0.717) is 16.7 Å². The lowest BCUT2D eigenvalue weighted by molar-refractivity contribution is 0.0697. The minimum atomic E-state index is -1.12. The highest BCUT2D eigenvalue weighted by Crippen LogP contribution is 2.32. The number of rotatable bonds is 2. The van der Waals surface area contributed by atoms with Gasteiger partial charge in [0.1, 0.15) is 5.82 Å². The second-order valence-electron chi connectivity index (χ2n) is 4.08. The molecule has 0 radical (unpaired) electrons. The van der Waals surface area contributed by atoms with E-state index in [9.17, 15) is 9.18 Å². The number of benzene rings is 2. The van der Waals surface area contributed by atoms with E-state index in [0.717, 1.165) is 0 Å². The average molecular weight is 299 g/mol. The van der Waals surface area contributed by atoms with Crippen molar-refractivity contribution in [2.45, 2.75) is 6.92 Å². The van der Waals surface area contributed by atoms with Crippen molar-refractivity contribution in [3.05, 3.63) is 57.3 Å². The molecule has 0 aromatic heterocycles. The molecule has 0 aliphatic heterocycles. The van der Waals surface area contributed by atoms with Crippen molar-refractivity contribution in [3.63, 3.8) is 0 Å². The van der Waals surface area contributed by atoms with Gasteiger partial charge in [0.25, 0.3) is 0 Å². The van der Waals surface area contributed by atoms with Crippen molar-refractivity contribution >= 4 is 29.2 Å². The lowest BCUT2D eigenvalue weighted by Crippen LogP contribution is -1.98. The van der Waals surface area contributed by atoms with Gasteiger partial charge in [-0.3, -0.25) is 0 Å². The summed E-state index contributed by atoms with van der Waals surface area (Å²) in [5, 5.41) is 9.40. The van der Waals surface area contributed by atoms with Gasteiger partial charge in [0.05, 0.1) is 15.6 Å². The van der Waals surface area contributed by atoms with Crippen LogP contribution in [0.5, 0.6) is 0 Å². The fraction of sp³-hybridized carbons (Fsp3) is 0.0714. The summed E-state index contributed by atoms with van der Waals surface area (Å²) >= 11 is 11.8. The molecule has 2 aromatic carbocycles. The van der Waals surface area contributed by atoms with E-state index in [4.69, 9.17) is 28.3 Å². The molecule has 2 aromatic rings. The van der Waals surface area contributed by atoms with Gasteiger partial charge in [0, 0.05) is 5.56 Å². The van der Waals surface area contributed by atoms with Crippen molar-refractivity contribution in [2.75, 3.05) is 0 Å². The number of aromatic carboxylic acids is 1. The van der Waals surface area contributed by atoms with Gasteiger partial charge in [-0.05, 0) is 42.3 Å². The van der Waals surface area contributed by atoms with Crippen molar-refractivity contribution in [1.82, 2.24) is 0 Å². The Hall–Kier alpha value is -1.58. The Morgan fingerprint density at radius 2 is 1.84 bits per heavy atom. The first-order valence-corrected chi connectivity index (χ1v) is 6.14. The summed E-state index contributed by atoms with van der Waals surface area (Å²) in [6, 6.07) is 7.33. The van der Waals surface area contributed by atoms with E-state index in [2.05, 4.69) is 0 Å². The molecular formula is C14H9Cl2FO2. The van der Waals surface area contributed by atoms with Crippen molar-refractivity contribution in [3.8, 4) is 11.1 Å². The molecule has 0 unspecified atom stereocenters. The third-order valence-corrected chi connectivity index (χ3v) is 3.40. The Morgan fingerprint density at radius 1 is 1.16 bits per heavy atom. The highest BCUT2D eigenvalue weighted by molar-refractivity contribution is 6.34.